The van der Waals surface area contributed by atoms with Crippen molar-refractivity contribution >= 4 is 22.7 Å². The van der Waals surface area contributed by atoms with Crippen molar-refractivity contribution < 1.29 is 9.47 Å². The minimum atomic E-state index is 0.569. The number of aromatic nitrogens is 1. The van der Waals surface area contributed by atoms with Gasteiger partial charge in [-0.15, -0.1) is 0 Å². The van der Waals surface area contributed by atoms with Gasteiger partial charge in [0.2, 0.25) is 0 Å². The van der Waals surface area contributed by atoms with Crippen LogP contribution in [0.25, 0.3) is 10.9 Å². The number of pyridine rings is 1. The summed E-state index contributed by atoms with van der Waals surface area (Å²) in [6, 6.07) is 10.4. The summed E-state index contributed by atoms with van der Waals surface area (Å²) in [5, 5.41) is 7.93. The Bertz CT molecular complexity index is 803. The number of aliphatic imine (C=N–C) groups is 1. The molecule has 1 atom stereocenters. The van der Waals surface area contributed by atoms with Crippen LogP contribution in [0.2, 0.25) is 0 Å². The molecule has 29 heavy (non-hydrogen) atoms. The summed E-state index contributed by atoms with van der Waals surface area (Å²) >= 11 is 0. The van der Waals surface area contributed by atoms with Gasteiger partial charge in [-0.1, -0.05) is 18.2 Å². The molecule has 1 aromatic carbocycles. The van der Waals surface area contributed by atoms with Gasteiger partial charge in [0.25, 0.3) is 0 Å². The zero-order valence-electron chi connectivity index (χ0n) is 17.8. The first-order valence-electron chi connectivity index (χ1n) is 10.3. The van der Waals surface area contributed by atoms with Crippen LogP contribution in [0.15, 0.2) is 35.3 Å². The fourth-order valence-electron chi connectivity index (χ4n) is 3.35. The van der Waals surface area contributed by atoms with Gasteiger partial charge in [0, 0.05) is 58.8 Å². The highest BCUT2D eigenvalue weighted by Gasteiger charge is 2.15. The second kappa shape index (κ2) is 11.0. The lowest BCUT2D eigenvalue weighted by Crippen LogP contribution is -2.37. The zero-order chi connectivity index (χ0) is 20.5. The first-order valence-corrected chi connectivity index (χ1v) is 10.3. The van der Waals surface area contributed by atoms with Gasteiger partial charge < -0.3 is 25.0 Å². The van der Waals surface area contributed by atoms with Gasteiger partial charge in [-0.2, -0.15) is 0 Å². The SMILES string of the molecule is CN=C(NCCCOCC1CCOC1)NCc1cc(N(C)C)nc2ccccc12. The molecule has 1 aliphatic rings. The number of fused-ring (bicyclic) bond motifs is 1. The highest BCUT2D eigenvalue weighted by atomic mass is 16.5. The van der Waals surface area contributed by atoms with Crippen LogP contribution in [0.4, 0.5) is 5.82 Å². The minimum absolute atomic E-state index is 0.569. The Kier molecular flexibility index (Phi) is 8.07. The Balaban J connectivity index is 1.46. The molecule has 0 saturated carbocycles. The molecule has 0 bridgehead atoms. The Hall–Kier alpha value is -2.38. The van der Waals surface area contributed by atoms with Crippen molar-refractivity contribution in [2.45, 2.75) is 19.4 Å². The number of benzene rings is 1. The summed E-state index contributed by atoms with van der Waals surface area (Å²) in [7, 11) is 5.81. The zero-order valence-corrected chi connectivity index (χ0v) is 17.8. The first kappa shape index (κ1) is 21.3. The monoisotopic (exact) mass is 399 g/mol. The molecule has 0 radical (unpaired) electrons. The standard InChI is InChI=1S/C22H33N5O2/c1-23-22(24-10-6-11-28-15-17-9-12-29-16-17)25-14-18-13-21(27(2)3)26-20-8-5-4-7-19(18)20/h4-5,7-8,13,17H,6,9-12,14-16H2,1-3H3,(H2,23,24,25). The maximum absolute atomic E-state index is 5.75. The third-order valence-corrected chi connectivity index (χ3v) is 5.05. The van der Waals surface area contributed by atoms with Crippen LogP contribution in [0, 0.1) is 5.92 Å². The molecule has 1 aliphatic heterocycles. The van der Waals surface area contributed by atoms with Gasteiger partial charge in [-0.05, 0) is 30.5 Å². The average Bonchev–Trinajstić information content (AvgIpc) is 3.25. The lowest BCUT2D eigenvalue weighted by atomic mass is 10.1. The second-order valence-corrected chi connectivity index (χ2v) is 7.56. The smallest absolute Gasteiger partial charge is 0.191 e. The minimum Gasteiger partial charge on any atom is -0.381 e. The maximum atomic E-state index is 5.75. The molecule has 2 aromatic rings. The van der Waals surface area contributed by atoms with Crippen LogP contribution in [0.1, 0.15) is 18.4 Å². The molecule has 158 valence electrons. The number of ether oxygens (including phenoxy) is 2. The fourth-order valence-corrected chi connectivity index (χ4v) is 3.35. The summed E-state index contributed by atoms with van der Waals surface area (Å²) in [4.78, 5) is 11.1. The van der Waals surface area contributed by atoms with E-state index >= 15 is 0 Å². The average molecular weight is 400 g/mol. The van der Waals surface area contributed by atoms with E-state index in [1.807, 2.05) is 31.1 Å². The number of nitrogens with one attached hydrogen (secondary N) is 2. The van der Waals surface area contributed by atoms with Crippen molar-refractivity contribution in [1.29, 1.82) is 0 Å². The molecule has 1 saturated heterocycles. The molecular weight excluding hydrogens is 366 g/mol. The second-order valence-electron chi connectivity index (χ2n) is 7.56. The topological polar surface area (TPSA) is 71.0 Å². The summed E-state index contributed by atoms with van der Waals surface area (Å²) in [5.74, 6) is 2.31. The Morgan fingerprint density at radius 2 is 2.17 bits per heavy atom. The summed E-state index contributed by atoms with van der Waals surface area (Å²) in [5.41, 5.74) is 2.20. The van der Waals surface area contributed by atoms with E-state index in [0.717, 1.165) is 68.5 Å². The van der Waals surface area contributed by atoms with Crippen molar-refractivity contribution in [2.75, 3.05) is 59.0 Å². The van der Waals surface area contributed by atoms with E-state index in [0.29, 0.717) is 12.5 Å². The lowest BCUT2D eigenvalue weighted by molar-refractivity contribution is 0.0888. The van der Waals surface area contributed by atoms with Gasteiger partial charge in [0.1, 0.15) is 5.82 Å². The van der Waals surface area contributed by atoms with Crippen LogP contribution in [0.5, 0.6) is 0 Å². The number of para-hydroxylation sites is 1. The van der Waals surface area contributed by atoms with Crippen molar-refractivity contribution in [3.05, 3.63) is 35.9 Å². The number of guanidine groups is 1. The van der Waals surface area contributed by atoms with Crippen LogP contribution >= 0.6 is 0 Å². The van der Waals surface area contributed by atoms with Gasteiger partial charge in [0.15, 0.2) is 5.96 Å². The number of nitrogens with zero attached hydrogens (tertiary/aromatic N) is 3. The van der Waals surface area contributed by atoms with E-state index < -0.39 is 0 Å². The van der Waals surface area contributed by atoms with Gasteiger partial charge in [0.05, 0.1) is 18.7 Å². The third kappa shape index (κ3) is 6.30. The van der Waals surface area contributed by atoms with Gasteiger partial charge in [-0.25, -0.2) is 4.98 Å². The van der Waals surface area contributed by atoms with Crippen molar-refractivity contribution in [3.63, 3.8) is 0 Å². The third-order valence-electron chi connectivity index (χ3n) is 5.05. The molecule has 1 fully saturated rings. The molecule has 2 heterocycles. The molecule has 0 spiro atoms. The van der Waals surface area contributed by atoms with Crippen LogP contribution in [-0.2, 0) is 16.0 Å². The first-order chi connectivity index (χ1) is 14.2. The molecule has 1 unspecified atom stereocenters. The van der Waals surface area contributed by atoms with Crippen molar-refractivity contribution in [2.24, 2.45) is 10.9 Å². The Morgan fingerprint density at radius 1 is 1.31 bits per heavy atom. The molecule has 0 aliphatic carbocycles. The van der Waals surface area contributed by atoms with Crippen LogP contribution in [-0.4, -0.2) is 65.1 Å². The summed E-state index contributed by atoms with van der Waals surface area (Å²) < 4.78 is 11.1. The molecule has 7 heteroatoms. The number of anilines is 1. The van der Waals surface area contributed by atoms with E-state index in [2.05, 4.69) is 33.8 Å². The predicted octanol–water partition coefficient (Wildman–Crippen LogP) is 2.41. The molecule has 1 aromatic heterocycles. The van der Waals surface area contributed by atoms with Crippen molar-refractivity contribution in [3.8, 4) is 0 Å². The predicted molar refractivity (Wildman–Crippen MR) is 119 cm³/mol. The fraction of sp³-hybridized carbons (Fsp3) is 0.545. The summed E-state index contributed by atoms with van der Waals surface area (Å²) in [6.07, 6.45) is 2.06. The molecule has 2 N–H and O–H groups in total. The highest BCUT2D eigenvalue weighted by Crippen LogP contribution is 2.22. The largest absolute Gasteiger partial charge is 0.381 e. The van der Waals surface area contributed by atoms with E-state index in [1.54, 1.807) is 7.05 Å². The van der Waals surface area contributed by atoms with Gasteiger partial charge >= 0.3 is 0 Å². The molecule has 3 rings (SSSR count). The van der Waals surface area contributed by atoms with Crippen LogP contribution in [0.3, 0.4) is 0 Å². The Morgan fingerprint density at radius 3 is 2.93 bits per heavy atom. The van der Waals surface area contributed by atoms with E-state index in [-0.39, 0.29) is 0 Å². The van der Waals surface area contributed by atoms with E-state index in [9.17, 15) is 0 Å². The van der Waals surface area contributed by atoms with Gasteiger partial charge in [-0.3, -0.25) is 4.99 Å². The van der Waals surface area contributed by atoms with E-state index in [1.165, 1.54) is 5.56 Å². The quantitative estimate of drug-likeness (QED) is 0.383. The maximum Gasteiger partial charge on any atom is 0.191 e. The highest BCUT2D eigenvalue weighted by molar-refractivity contribution is 5.85. The number of hydrogen-bond donors (Lipinski definition) is 2. The number of rotatable bonds is 9. The van der Waals surface area contributed by atoms with Crippen molar-refractivity contribution in [1.82, 2.24) is 15.6 Å². The number of hydrogen-bond acceptors (Lipinski definition) is 5. The lowest BCUT2D eigenvalue weighted by Gasteiger charge is -2.17. The normalized spacial score (nSPS) is 16.9. The van der Waals surface area contributed by atoms with Crippen LogP contribution < -0.4 is 15.5 Å². The molecular formula is C22H33N5O2. The Labute approximate surface area is 173 Å². The molecule has 7 nitrogen and oxygen atoms in total. The van der Waals surface area contributed by atoms with E-state index in [4.69, 9.17) is 14.5 Å². The summed E-state index contributed by atoms with van der Waals surface area (Å²) in [6.45, 7) is 4.77. The molecule has 0 amide bonds.